The average Bonchev–Trinajstić information content (AvgIpc) is 2.81. The molecule has 1 aromatic heterocycles. The number of hydrogen-bond acceptors (Lipinski definition) is 4. The van der Waals surface area contributed by atoms with Crippen LogP contribution >= 0.6 is 11.6 Å². The van der Waals surface area contributed by atoms with Crippen LogP contribution in [0.5, 0.6) is 0 Å². The summed E-state index contributed by atoms with van der Waals surface area (Å²) in [6.45, 7) is 2.48. The lowest BCUT2D eigenvalue weighted by Gasteiger charge is -2.35. The lowest BCUT2D eigenvalue weighted by molar-refractivity contribution is -0.134. The molecule has 4 rings (SSSR count). The first-order valence-corrected chi connectivity index (χ1v) is 11.1. The van der Waals surface area contributed by atoms with Crippen LogP contribution in [0.2, 0.25) is 5.02 Å². The lowest BCUT2D eigenvalue weighted by atomic mass is 9.99. The number of nitrogens with zero attached hydrogens (tertiary/aromatic N) is 3. The molecule has 32 heavy (non-hydrogen) atoms. The van der Waals surface area contributed by atoms with E-state index in [1.54, 1.807) is 37.4 Å². The van der Waals surface area contributed by atoms with Crippen molar-refractivity contribution in [2.45, 2.75) is 38.6 Å². The summed E-state index contributed by atoms with van der Waals surface area (Å²) in [6.07, 6.45) is 4.71. The Morgan fingerprint density at radius 2 is 1.84 bits per heavy atom. The van der Waals surface area contributed by atoms with Gasteiger partial charge in [-0.05, 0) is 56.0 Å². The van der Waals surface area contributed by atoms with Crippen molar-refractivity contribution in [3.8, 4) is 0 Å². The van der Waals surface area contributed by atoms with Crippen LogP contribution in [-0.4, -0.2) is 33.2 Å². The molecule has 1 fully saturated rings. The van der Waals surface area contributed by atoms with E-state index in [0.717, 1.165) is 24.8 Å². The van der Waals surface area contributed by atoms with Crippen LogP contribution in [0.15, 0.2) is 60.8 Å². The quantitative estimate of drug-likeness (QED) is 0.596. The van der Waals surface area contributed by atoms with E-state index in [0.29, 0.717) is 40.8 Å². The SMILES string of the molecule is Cc1nc([C@H]2CCCCN2C(=O)Cc2ccccc2)ncc1C(=O)Nc1ccc(Cl)cc1. The molecule has 1 atom stereocenters. The van der Waals surface area contributed by atoms with Gasteiger partial charge in [0.25, 0.3) is 5.91 Å². The summed E-state index contributed by atoms with van der Waals surface area (Å²) in [6, 6.07) is 16.5. The van der Waals surface area contributed by atoms with Gasteiger partial charge in [-0.1, -0.05) is 41.9 Å². The molecule has 1 saturated heterocycles. The van der Waals surface area contributed by atoms with Crippen LogP contribution in [0.4, 0.5) is 5.69 Å². The highest BCUT2D eigenvalue weighted by Gasteiger charge is 2.30. The average molecular weight is 449 g/mol. The Kier molecular flexibility index (Phi) is 6.81. The third-order valence-electron chi connectivity index (χ3n) is 5.66. The van der Waals surface area contributed by atoms with Gasteiger partial charge in [0.1, 0.15) is 0 Å². The van der Waals surface area contributed by atoms with Crippen LogP contribution in [-0.2, 0) is 11.2 Å². The number of amides is 2. The van der Waals surface area contributed by atoms with Crippen molar-refractivity contribution in [1.82, 2.24) is 14.9 Å². The maximum absolute atomic E-state index is 13.0. The highest BCUT2D eigenvalue weighted by molar-refractivity contribution is 6.30. The zero-order valence-electron chi connectivity index (χ0n) is 17.9. The normalized spacial score (nSPS) is 15.9. The molecule has 0 radical (unpaired) electrons. The Bertz CT molecular complexity index is 1100. The second-order valence-corrected chi connectivity index (χ2v) is 8.39. The van der Waals surface area contributed by atoms with Crippen molar-refractivity contribution >= 4 is 29.1 Å². The number of aryl methyl sites for hydroxylation is 1. The molecule has 7 heteroatoms. The number of anilines is 1. The second kappa shape index (κ2) is 9.92. The monoisotopic (exact) mass is 448 g/mol. The molecule has 2 heterocycles. The van der Waals surface area contributed by atoms with E-state index in [4.69, 9.17) is 11.6 Å². The van der Waals surface area contributed by atoms with E-state index in [-0.39, 0.29) is 17.9 Å². The van der Waals surface area contributed by atoms with E-state index in [9.17, 15) is 9.59 Å². The minimum absolute atomic E-state index is 0.0757. The standard InChI is InChI=1S/C25H25ClN4O2/c1-17-21(25(32)29-20-12-10-19(26)11-13-20)16-27-24(28-17)22-9-5-6-14-30(22)23(31)15-18-7-3-2-4-8-18/h2-4,7-8,10-13,16,22H,5-6,9,14-15H2,1H3,(H,29,32)/t22-/m1/s1. The van der Waals surface area contributed by atoms with Gasteiger partial charge in [0.15, 0.2) is 5.82 Å². The van der Waals surface area contributed by atoms with Crippen molar-refractivity contribution in [2.24, 2.45) is 0 Å². The van der Waals surface area contributed by atoms with Gasteiger partial charge < -0.3 is 10.2 Å². The summed E-state index contributed by atoms with van der Waals surface area (Å²) in [5, 5.41) is 3.44. The third-order valence-corrected chi connectivity index (χ3v) is 5.92. The number of carbonyl (C=O) groups is 2. The Morgan fingerprint density at radius 3 is 2.56 bits per heavy atom. The second-order valence-electron chi connectivity index (χ2n) is 7.95. The van der Waals surface area contributed by atoms with Gasteiger partial charge in [0.2, 0.25) is 5.91 Å². The molecule has 0 spiro atoms. The van der Waals surface area contributed by atoms with Gasteiger partial charge in [-0.3, -0.25) is 9.59 Å². The number of halogens is 1. The van der Waals surface area contributed by atoms with Gasteiger partial charge in [0.05, 0.1) is 23.7 Å². The van der Waals surface area contributed by atoms with Crippen LogP contribution in [0.3, 0.4) is 0 Å². The first kappa shape index (κ1) is 22.0. The molecule has 1 aliphatic heterocycles. The molecule has 1 aliphatic rings. The molecule has 1 N–H and O–H groups in total. The molecule has 2 amide bonds. The minimum atomic E-state index is -0.281. The van der Waals surface area contributed by atoms with E-state index in [2.05, 4.69) is 15.3 Å². The smallest absolute Gasteiger partial charge is 0.259 e. The number of rotatable bonds is 5. The Hall–Kier alpha value is -3.25. The zero-order chi connectivity index (χ0) is 22.5. The number of piperidine rings is 1. The van der Waals surface area contributed by atoms with Gasteiger partial charge in [-0.25, -0.2) is 9.97 Å². The van der Waals surface area contributed by atoms with E-state index in [1.165, 1.54) is 0 Å². The van der Waals surface area contributed by atoms with Crippen LogP contribution < -0.4 is 5.32 Å². The first-order chi connectivity index (χ1) is 15.5. The predicted molar refractivity (Wildman–Crippen MR) is 125 cm³/mol. The van der Waals surface area contributed by atoms with Crippen molar-refractivity contribution in [2.75, 3.05) is 11.9 Å². The van der Waals surface area contributed by atoms with Gasteiger partial charge in [0, 0.05) is 23.5 Å². The van der Waals surface area contributed by atoms with Gasteiger partial charge in [-0.15, -0.1) is 0 Å². The van der Waals surface area contributed by atoms with Crippen molar-refractivity contribution < 1.29 is 9.59 Å². The highest BCUT2D eigenvalue weighted by Crippen LogP contribution is 2.30. The van der Waals surface area contributed by atoms with Crippen molar-refractivity contribution in [3.05, 3.63) is 88.5 Å². The molecule has 0 unspecified atom stereocenters. The Morgan fingerprint density at radius 1 is 1.09 bits per heavy atom. The summed E-state index contributed by atoms with van der Waals surface area (Å²) in [5.74, 6) is 0.385. The van der Waals surface area contributed by atoms with Crippen LogP contribution in [0.25, 0.3) is 0 Å². The number of aromatic nitrogens is 2. The molecule has 6 nitrogen and oxygen atoms in total. The lowest BCUT2D eigenvalue weighted by Crippen LogP contribution is -2.40. The highest BCUT2D eigenvalue weighted by atomic mass is 35.5. The summed E-state index contributed by atoms with van der Waals surface area (Å²) in [4.78, 5) is 36.7. The van der Waals surface area contributed by atoms with Crippen LogP contribution in [0.1, 0.15) is 52.7 Å². The topological polar surface area (TPSA) is 75.2 Å². The van der Waals surface area contributed by atoms with E-state index < -0.39 is 0 Å². The molecular weight excluding hydrogens is 424 g/mol. The fourth-order valence-electron chi connectivity index (χ4n) is 3.97. The van der Waals surface area contributed by atoms with Crippen LogP contribution in [0, 0.1) is 6.92 Å². The largest absolute Gasteiger partial charge is 0.332 e. The van der Waals surface area contributed by atoms with E-state index >= 15 is 0 Å². The van der Waals surface area contributed by atoms with Gasteiger partial charge >= 0.3 is 0 Å². The van der Waals surface area contributed by atoms with E-state index in [1.807, 2.05) is 35.2 Å². The zero-order valence-corrected chi connectivity index (χ0v) is 18.7. The molecule has 164 valence electrons. The number of carbonyl (C=O) groups excluding carboxylic acids is 2. The summed E-state index contributed by atoms with van der Waals surface area (Å²) in [5.41, 5.74) is 2.63. The maximum Gasteiger partial charge on any atom is 0.259 e. The number of nitrogens with one attached hydrogen (secondary N) is 1. The molecule has 0 saturated carbocycles. The first-order valence-electron chi connectivity index (χ1n) is 10.7. The molecule has 3 aromatic rings. The fourth-order valence-corrected chi connectivity index (χ4v) is 4.10. The summed E-state index contributed by atoms with van der Waals surface area (Å²) >= 11 is 5.90. The maximum atomic E-state index is 13.0. The summed E-state index contributed by atoms with van der Waals surface area (Å²) < 4.78 is 0. The summed E-state index contributed by atoms with van der Waals surface area (Å²) in [7, 11) is 0. The van der Waals surface area contributed by atoms with Crippen molar-refractivity contribution in [1.29, 1.82) is 0 Å². The molecule has 0 aliphatic carbocycles. The number of hydrogen-bond donors (Lipinski definition) is 1. The molecular formula is C25H25ClN4O2. The Labute approximate surface area is 192 Å². The number of likely N-dealkylation sites (tertiary alicyclic amines) is 1. The van der Waals surface area contributed by atoms with Crippen molar-refractivity contribution in [3.63, 3.8) is 0 Å². The molecule has 2 aromatic carbocycles. The minimum Gasteiger partial charge on any atom is -0.332 e. The Balaban J connectivity index is 1.50. The molecule has 0 bridgehead atoms. The van der Waals surface area contributed by atoms with Gasteiger partial charge in [-0.2, -0.15) is 0 Å². The number of benzene rings is 2. The third kappa shape index (κ3) is 5.14. The fraction of sp³-hybridized carbons (Fsp3) is 0.280. The predicted octanol–water partition coefficient (Wildman–Crippen LogP) is 4.99.